The van der Waals surface area contributed by atoms with E-state index in [0.717, 1.165) is 23.5 Å². The minimum atomic E-state index is 0.126. The van der Waals surface area contributed by atoms with Crippen molar-refractivity contribution in [1.82, 2.24) is 0 Å². The van der Waals surface area contributed by atoms with Crippen LogP contribution in [0.2, 0.25) is 0 Å². The molecule has 1 aliphatic rings. The number of ether oxygens (including phenoxy) is 2. The average molecular weight is 441 g/mol. The smallest absolute Gasteiger partial charge is 0.122 e. The summed E-state index contributed by atoms with van der Waals surface area (Å²) in [5.41, 5.74) is 5.11. The summed E-state index contributed by atoms with van der Waals surface area (Å²) < 4.78 is 10.7. The van der Waals surface area contributed by atoms with Gasteiger partial charge >= 0.3 is 0 Å². The maximum atomic E-state index is 10.3. The van der Waals surface area contributed by atoms with Crippen molar-refractivity contribution in [2.24, 2.45) is 0 Å². The summed E-state index contributed by atoms with van der Waals surface area (Å²) in [4.78, 5) is 0. The van der Waals surface area contributed by atoms with Gasteiger partial charge in [-0.05, 0) is 57.1 Å². The minimum Gasteiger partial charge on any atom is -0.507 e. The minimum absolute atomic E-state index is 0.126. The molecule has 0 amide bonds. The van der Waals surface area contributed by atoms with Gasteiger partial charge in [0.15, 0.2) is 0 Å². The van der Waals surface area contributed by atoms with Gasteiger partial charge in [0.1, 0.15) is 24.2 Å². The monoisotopic (exact) mass is 440 g/mol. The third-order valence-corrected chi connectivity index (χ3v) is 5.84. The summed E-state index contributed by atoms with van der Waals surface area (Å²) in [5, 5.41) is 10.3. The van der Waals surface area contributed by atoms with E-state index in [2.05, 4.69) is 93.5 Å². The number of phenols is 1. The maximum Gasteiger partial charge on any atom is 0.122 e. The van der Waals surface area contributed by atoms with Gasteiger partial charge in [0.25, 0.3) is 0 Å². The third kappa shape index (κ3) is 7.55. The van der Waals surface area contributed by atoms with Gasteiger partial charge in [-0.1, -0.05) is 93.5 Å². The van der Waals surface area contributed by atoms with Gasteiger partial charge in [-0.25, -0.2) is 0 Å². The molecule has 0 aromatic heterocycles. The van der Waals surface area contributed by atoms with Crippen LogP contribution in [0.5, 0.6) is 11.5 Å². The largest absolute Gasteiger partial charge is 0.507 e. The lowest BCUT2D eigenvalue weighted by molar-refractivity contribution is 0.263. The number of benzene rings is 2. The van der Waals surface area contributed by atoms with Crippen LogP contribution >= 0.6 is 0 Å². The first-order chi connectivity index (χ1) is 14.7. The summed E-state index contributed by atoms with van der Waals surface area (Å²) in [5.74, 6) is 2.13. The summed E-state index contributed by atoms with van der Waals surface area (Å²) in [6.45, 7) is 23.3. The molecule has 1 aliphatic heterocycles. The van der Waals surface area contributed by atoms with Gasteiger partial charge in [-0.2, -0.15) is 0 Å². The summed E-state index contributed by atoms with van der Waals surface area (Å²) >= 11 is 0. The van der Waals surface area contributed by atoms with Crippen LogP contribution in [0.1, 0.15) is 103 Å². The van der Waals surface area contributed by atoms with Gasteiger partial charge in [0.2, 0.25) is 0 Å². The molecule has 0 saturated carbocycles. The number of aromatic hydroxyl groups is 1. The maximum absolute atomic E-state index is 10.3. The van der Waals surface area contributed by atoms with Crippen molar-refractivity contribution in [2.45, 2.75) is 98.0 Å². The number of hydrogen-bond acceptors (Lipinski definition) is 3. The van der Waals surface area contributed by atoms with E-state index in [9.17, 15) is 5.11 Å². The van der Waals surface area contributed by atoms with Crippen molar-refractivity contribution in [2.75, 3.05) is 13.2 Å². The molecule has 2 aromatic rings. The molecule has 1 unspecified atom stereocenters. The van der Waals surface area contributed by atoms with Crippen LogP contribution in [-0.2, 0) is 15.6 Å². The molecule has 0 aliphatic carbocycles. The van der Waals surface area contributed by atoms with Crippen LogP contribution < -0.4 is 4.74 Å². The molecule has 2 aromatic carbocycles. The van der Waals surface area contributed by atoms with Crippen molar-refractivity contribution in [3.8, 4) is 11.5 Å². The Kier molecular flexibility index (Phi) is 8.44. The normalized spacial score (nSPS) is 16.1. The molecular formula is C29H44O3. The van der Waals surface area contributed by atoms with Crippen LogP contribution in [0.4, 0.5) is 0 Å². The van der Waals surface area contributed by atoms with Crippen molar-refractivity contribution in [1.29, 1.82) is 0 Å². The second kappa shape index (κ2) is 10.3. The van der Waals surface area contributed by atoms with Gasteiger partial charge < -0.3 is 14.6 Å². The second-order valence-corrected chi connectivity index (χ2v) is 11.6. The molecule has 3 nitrogen and oxygen atoms in total. The molecule has 1 atom stereocenters. The lowest BCUT2D eigenvalue weighted by atomic mass is 9.81. The quantitative estimate of drug-likeness (QED) is 0.484. The van der Waals surface area contributed by atoms with E-state index in [1.165, 1.54) is 11.1 Å². The zero-order chi connectivity index (χ0) is 24.3. The molecule has 1 heterocycles. The standard InChI is InChI=1S/C16H26O.C13H18O2/c1-10(2)13-8-12(16(5,6)7)9-14(11(3)4)15(13)17;1-13(2,3)10-4-6-11(7-5-10)14-8-12-9-15-12/h8-11,17H,1-7H3;4-7,12H,8-9H2,1-3H3. The van der Waals surface area contributed by atoms with Gasteiger partial charge in [-0.3, -0.25) is 0 Å². The molecule has 1 saturated heterocycles. The van der Waals surface area contributed by atoms with Gasteiger partial charge in [0.05, 0.1) is 6.61 Å². The SMILES string of the molecule is CC(C)(C)c1ccc(OCC2CO2)cc1.CC(C)c1cc(C(C)(C)C)cc(C(C)C)c1O. The highest BCUT2D eigenvalue weighted by Gasteiger charge is 2.23. The van der Waals surface area contributed by atoms with Crippen LogP contribution in [0.3, 0.4) is 0 Å². The Labute approximate surface area is 196 Å². The van der Waals surface area contributed by atoms with E-state index in [0.29, 0.717) is 30.3 Å². The number of hydrogen-bond donors (Lipinski definition) is 1. The predicted molar refractivity (Wildman–Crippen MR) is 135 cm³/mol. The molecule has 1 fully saturated rings. The molecule has 1 N–H and O–H groups in total. The van der Waals surface area contributed by atoms with Gasteiger partial charge in [-0.15, -0.1) is 0 Å². The van der Waals surface area contributed by atoms with E-state index in [-0.39, 0.29) is 10.8 Å². The number of rotatable bonds is 5. The molecule has 0 bridgehead atoms. The first-order valence-corrected chi connectivity index (χ1v) is 11.9. The Balaban J connectivity index is 0.000000228. The Morgan fingerprint density at radius 2 is 1.28 bits per heavy atom. The van der Waals surface area contributed by atoms with E-state index in [1.807, 2.05) is 12.1 Å². The topological polar surface area (TPSA) is 42.0 Å². The lowest BCUT2D eigenvalue weighted by Gasteiger charge is -2.24. The first-order valence-electron chi connectivity index (χ1n) is 11.9. The Morgan fingerprint density at radius 1 is 0.844 bits per heavy atom. The fourth-order valence-electron chi connectivity index (χ4n) is 3.40. The average Bonchev–Trinajstić information content (AvgIpc) is 3.50. The van der Waals surface area contributed by atoms with Crippen LogP contribution in [0.25, 0.3) is 0 Å². The highest BCUT2D eigenvalue weighted by atomic mass is 16.6. The van der Waals surface area contributed by atoms with E-state index >= 15 is 0 Å². The fraction of sp³-hybridized carbons (Fsp3) is 0.586. The highest BCUT2D eigenvalue weighted by Crippen LogP contribution is 2.37. The Hall–Kier alpha value is -2.00. The van der Waals surface area contributed by atoms with Crippen LogP contribution in [-0.4, -0.2) is 24.4 Å². The summed E-state index contributed by atoms with van der Waals surface area (Å²) in [7, 11) is 0. The zero-order valence-electron chi connectivity index (χ0n) is 21.9. The second-order valence-electron chi connectivity index (χ2n) is 11.6. The van der Waals surface area contributed by atoms with Gasteiger partial charge in [0, 0.05) is 0 Å². The first kappa shape index (κ1) is 26.3. The number of epoxide rings is 1. The molecule has 3 heteroatoms. The fourth-order valence-corrected chi connectivity index (χ4v) is 3.40. The highest BCUT2D eigenvalue weighted by molar-refractivity contribution is 5.48. The molecule has 32 heavy (non-hydrogen) atoms. The van der Waals surface area contributed by atoms with E-state index in [4.69, 9.17) is 9.47 Å². The Morgan fingerprint density at radius 3 is 1.62 bits per heavy atom. The Bertz CT molecular complexity index is 832. The third-order valence-electron chi connectivity index (χ3n) is 5.84. The van der Waals surface area contributed by atoms with Crippen LogP contribution in [0.15, 0.2) is 36.4 Å². The van der Waals surface area contributed by atoms with E-state index < -0.39 is 0 Å². The zero-order valence-corrected chi connectivity index (χ0v) is 21.9. The molecule has 3 rings (SSSR count). The van der Waals surface area contributed by atoms with Crippen LogP contribution in [0, 0.1) is 0 Å². The lowest BCUT2D eigenvalue weighted by Crippen LogP contribution is -2.13. The summed E-state index contributed by atoms with van der Waals surface area (Å²) in [6, 6.07) is 12.6. The predicted octanol–water partition coefficient (Wildman–Crippen LogP) is 7.70. The molecule has 0 spiro atoms. The van der Waals surface area contributed by atoms with Crippen molar-refractivity contribution < 1.29 is 14.6 Å². The molecule has 0 radical (unpaired) electrons. The van der Waals surface area contributed by atoms with Crippen molar-refractivity contribution >= 4 is 0 Å². The summed E-state index contributed by atoms with van der Waals surface area (Å²) in [6.07, 6.45) is 0.326. The number of phenolic OH excluding ortho intramolecular Hbond substituents is 1. The van der Waals surface area contributed by atoms with Crippen molar-refractivity contribution in [3.63, 3.8) is 0 Å². The molecule has 178 valence electrons. The van der Waals surface area contributed by atoms with E-state index in [1.54, 1.807) is 0 Å². The molecular weight excluding hydrogens is 396 g/mol. The van der Waals surface area contributed by atoms with Crippen molar-refractivity contribution in [3.05, 3.63) is 58.7 Å².